The van der Waals surface area contributed by atoms with Gasteiger partial charge in [0.15, 0.2) is 0 Å². The van der Waals surface area contributed by atoms with E-state index < -0.39 is 0 Å². The molecular formula is C18H19NO2. The van der Waals surface area contributed by atoms with Crippen LogP contribution in [0.15, 0.2) is 48.5 Å². The minimum absolute atomic E-state index is 0.142. The van der Waals surface area contributed by atoms with Crippen molar-refractivity contribution >= 4 is 0 Å². The second kappa shape index (κ2) is 7.35. The SMILES string of the molecule is COc1cccc(OCCC(C#N)c2ccccc2C)c1. The molecule has 0 radical (unpaired) electrons. The van der Waals surface area contributed by atoms with E-state index in [1.807, 2.05) is 55.5 Å². The lowest BCUT2D eigenvalue weighted by atomic mass is 9.94. The second-order valence-electron chi connectivity index (χ2n) is 4.85. The fourth-order valence-electron chi connectivity index (χ4n) is 2.25. The highest BCUT2D eigenvalue weighted by atomic mass is 16.5. The van der Waals surface area contributed by atoms with Crippen molar-refractivity contribution in [3.05, 3.63) is 59.7 Å². The molecule has 0 fully saturated rings. The number of nitrogens with zero attached hydrogens (tertiary/aromatic N) is 1. The molecule has 0 aliphatic rings. The molecule has 0 bridgehead atoms. The van der Waals surface area contributed by atoms with Crippen molar-refractivity contribution in [3.63, 3.8) is 0 Å². The van der Waals surface area contributed by atoms with Crippen LogP contribution in [0.1, 0.15) is 23.5 Å². The van der Waals surface area contributed by atoms with Gasteiger partial charge in [0, 0.05) is 12.5 Å². The van der Waals surface area contributed by atoms with Gasteiger partial charge < -0.3 is 9.47 Å². The maximum Gasteiger partial charge on any atom is 0.122 e. The normalized spacial score (nSPS) is 11.5. The highest BCUT2D eigenvalue weighted by molar-refractivity contribution is 5.34. The maximum atomic E-state index is 9.36. The molecule has 0 N–H and O–H groups in total. The first-order chi connectivity index (χ1) is 10.2. The molecule has 0 aliphatic carbocycles. The Balaban J connectivity index is 1.95. The van der Waals surface area contributed by atoms with Crippen LogP contribution in [-0.2, 0) is 0 Å². The third-order valence-electron chi connectivity index (χ3n) is 3.44. The highest BCUT2D eigenvalue weighted by Crippen LogP contribution is 2.24. The molecule has 1 unspecified atom stereocenters. The molecule has 3 heteroatoms. The molecule has 0 spiro atoms. The number of ether oxygens (including phenoxy) is 2. The topological polar surface area (TPSA) is 42.2 Å². The number of methoxy groups -OCH3 is 1. The molecule has 0 amide bonds. The van der Waals surface area contributed by atoms with E-state index >= 15 is 0 Å². The first kappa shape index (κ1) is 14.9. The Morgan fingerprint density at radius 2 is 1.86 bits per heavy atom. The maximum absolute atomic E-state index is 9.36. The van der Waals surface area contributed by atoms with E-state index in [2.05, 4.69) is 6.07 Å². The Hall–Kier alpha value is -2.47. The summed E-state index contributed by atoms with van der Waals surface area (Å²) in [6, 6.07) is 17.8. The lowest BCUT2D eigenvalue weighted by Gasteiger charge is -2.13. The quantitative estimate of drug-likeness (QED) is 0.801. The van der Waals surface area contributed by atoms with Crippen LogP contribution in [0.4, 0.5) is 0 Å². The van der Waals surface area contributed by atoms with Crippen LogP contribution in [0.2, 0.25) is 0 Å². The van der Waals surface area contributed by atoms with Gasteiger partial charge >= 0.3 is 0 Å². The van der Waals surface area contributed by atoms with Gasteiger partial charge in [-0.2, -0.15) is 5.26 Å². The van der Waals surface area contributed by atoms with Gasteiger partial charge in [0.05, 0.1) is 25.7 Å². The number of benzene rings is 2. The Morgan fingerprint density at radius 1 is 1.10 bits per heavy atom. The van der Waals surface area contributed by atoms with E-state index in [4.69, 9.17) is 9.47 Å². The van der Waals surface area contributed by atoms with Crippen LogP contribution in [-0.4, -0.2) is 13.7 Å². The summed E-state index contributed by atoms with van der Waals surface area (Å²) in [6.07, 6.45) is 0.665. The van der Waals surface area contributed by atoms with Gasteiger partial charge in [-0.3, -0.25) is 0 Å². The summed E-state index contributed by atoms with van der Waals surface area (Å²) in [7, 11) is 1.63. The molecule has 2 aromatic rings. The summed E-state index contributed by atoms with van der Waals surface area (Å²) < 4.78 is 10.9. The molecular weight excluding hydrogens is 262 g/mol. The van der Waals surface area contributed by atoms with Crippen LogP contribution in [0.5, 0.6) is 11.5 Å². The molecule has 2 rings (SSSR count). The van der Waals surface area contributed by atoms with E-state index in [0.717, 1.165) is 22.6 Å². The van der Waals surface area contributed by atoms with E-state index in [9.17, 15) is 5.26 Å². The minimum atomic E-state index is -0.142. The third kappa shape index (κ3) is 4.00. The van der Waals surface area contributed by atoms with Crippen LogP contribution < -0.4 is 9.47 Å². The average molecular weight is 281 g/mol. The van der Waals surface area contributed by atoms with Crippen molar-refractivity contribution in [1.82, 2.24) is 0 Å². The first-order valence-corrected chi connectivity index (χ1v) is 6.96. The van der Waals surface area contributed by atoms with Crippen molar-refractivity contribution in [3.8, 4) is 17.6 Å². The van der Waals surface area contributed by atoms with Crippen molar-refractivity contribution < 1.29 is 9.47 Å². The standard InChI is InChI=1S/C18H19NO2/c1-14-6-3-4-9-18(14)15(13-19)10-11-21-17-8-5-7-16(12-17)20-2/h3-9,12,15H,10-11H2,1-2H3. The van der Waals surface area contributed by atoms with Gasteiger partial charge in [0.2, 0.25) is 0 Å². The average Bonchev–Trinajstić information content (AvgIpc) is 2.53. The van der Waals surface area contributed by atoms with E-state index in [1.165, 1.54) is 0 Å². The van der Waals surface area contributed by atoms with Gasteiger partial charge in [-0.15, -0.1) is 0 Å². The predicted octanol–water partition coefficient (Wildman–Crippen LogP) is 4.08. The molecule has 108 valence electrons. The van der Waals surface area contributed by atoms with Gasteiger partial charge in [0.1, 0.15) is 11.5 Å². The molecule has 1 atom stereocenters. The molecule has 0 saturated heterocycles. The zero-order valence-corrected chi connectivity index (χ0v) is 12.4. The fourth-order valence-corrected chi connectivity index (χ4v) is 2.25. The number of aryl methyl sites for hydroxylation is 1. The van der Waals surface area contributed by atoms with Gasteiger partial charge in [-0.25, -0.2) is 0 Å². The summed E-state index contributed by atoms with van der Waals surface area (Å²) in [5, 5.41) is 9.36. The summed E-state index contributed by atoms with van der Waals surface area (Å²) in [6.45, 7) is 2.53. The van der Waals surface area contributed by atoms with Gasteiger partial charge in [-0.05, 0) is 30.2 Å². The van der Waals surface area contributed by atoms with Gasteiger partial charge in [-0.1, -0.05) is 30.3 Å². The van der Waals surface area contributed by atoms with E-state index in [-0.39, 0.29) is 5.92 Å². The smallest absolute Gasteiger partial charge is 0.122 e. The molecule has 3 nitrogen and oxygen atoms in total. The van der Waals surface area contributed by atoms with E-state index in [0.29, 0.717) is 13.0 Å². The second-order valence-corrected chi connectivity index (χ2v) is 4.85. The number of rotatable bonds is 6. The molecule has 0 aromatic heterocycles. The zero-order valence-electron chi connectivity index (χ0n) is 12.4. The van der Waals surface area contributed by atoms with Crippen LogP contribution in [0, 0.1) is 18.3 Å². The minimum Gasteiger partial charge on any atom is -0.497 e. The Bertz CT molecular complexity index is 631. The molecule has 0 saturated carbocycles. The molecule has 0 heterocycles. The van der Waals surface area contributed by atoms with Crippen molar-refractivity contribution in [1.29, 1.82) is 5.26 Å². The van der Waals surface area contributed by atoms with Crippen LogP contribution in [0.3, 0.4) is 0 Å². The predicted molar refractivity (Wildman–Crippen MR) is 82.6 cm³/mol. The monoisotopic (exact) mass is 281 g/mol. The van der Waals surface area contributed by atoms with Crippen LogP contribution in [0.25, 0.3) is 0 Å². The lowest BCUT2D eigenvalue weighted by molar-refractivity contribution is 0.303. The largest absolute Gasteiger partial charge is 0.497 e. The Morgan fingerprint density at radius 3 is 2.57 bits per heavy atom. The summed E-state index contributed by atoms with van der Waals surface area (Å²) in [5.74, 6) is 1.39. The van der Waals surface area contributed by atoms with Crippen LogP contribution >= 0.6 is 0 Å². The number of hydrogen-bond donors (Lipinski definition) is 0. The summed E-state index contributed by atoms with van der Waals surface area (Å²) in [5.41, 5.74) is 2.22. The molecule has 2 aromatic carbocycles. The zero-order chi connectivity index (χ0) is 15.1. The lowest BCUT2D eigenvalue weighted by Crippen LogP contribution is -2.05. The fraction of sp³-hybridized carbons (Fsp3) is 0.278. The van der Waals surface area contributed by atoms with Gasteiger partial charge in [0.25, 0.3) is 0 Å². The van der Waals surface area contributed by atoms with E-state index in [1.54, 1.807) is 7.11 Å². The van der Waals surface area contributed by atoms with Crippen molar-refractivity contribution in [2.75, 3.05) is 13.7 Å². The molecule has 21 heavy (non-hydrogen) atoms. The molecule has 0 aliphatic heterocycles. The Kier molecular flexibility index (Phi) is 5.22. The van der Waals surface area contributed by atoms with Crippen molar-refractivity contribution in [2.24, 2.45) is 0 Å². The highest BCUT2D eigenvalue weighted by Gasteiger charge is 2.12. The first-order valence-electron chi connectivity index (χ1n) is 6.96. The number of nitriles is 1. The number of hydrogen-bond acceptors (Lipinski definition) is 3. The summed E-state index contributed by atoms with van der Waals surface area (Å²) in [4.78, 5) is 0. The third-order valence-corrected chi connectivity index (χ3v) is 3.44. The summed E-state index contributed by atoms with van der Waals surface area (Å²) >= 11 is 0. The van der Waals surface area contributed by atoms with Crippen molar-refractivity contribution in [2.45, 2.75) is 19.3 Å². The Labute approximate surface area is 125 Å².